The highest BCUT2D eigenvalue weighted by Crippen LogP contribution is 2.33. The molecule has 0 fully saturated rings. The smallest absolute Gasteiger partial charge is 0.489 e. The van der Waals surface area contributed by atoms with E-state index in [0.29, 0.717) is 12.4 Å². The molecule has 0 aliphatic rings. The van der Waals surface area contributed by atoms with Crippen molar-refractivity contribution in [3.8, 4) is 11.5 Å². The minimum absolute atomic E-state index is 0.182. The van der Waals surface area contributed by atoms with E-state index in [9.17, 15) is 13.2 Å². The lowest BCUT2D eigenvalue weighted by Gasteiger charge is -2.12. The summed E-state index contributed by atoms with van der Waals surface area (Å²) in [6.07, 6.45) is -4.72. The van der Waals surface area contributed by atoms with E-state index in [0.717, 1.165) is 11.1 Å². The molecule has 0 atom stereocenters. The van der Waals surface area contributed by atoms with Crippen LogP contribution < -0.4 is 9.47 Å². The van der Waals surface area contributed by atoms with Crippen LogP contribution >= 0.6 is 15.9 Å². The van der Waals surface area contributed by atoms with E-state index in [4.69, 9.17) is 4.74 Å². The third kappa shape index (κ3) is 4.97. The van der Waals surface area contributed by atoms with Crippen LogP contribution in [0.2, 0.25) is 0 Å². The minimum Gasteiger partial charge on any atom is -0.489 e. The zero-order valence-corrected chi connectivity index (χ0v) is 12.7. The third-order valence-electron chi connectivity index (χ3n) is 2.62. The maximum absolute atomic E-state index is 12.2. The van der Waals surface area contributed by atoms with Crippen molar-refractivity contribution in [3.05, 3.63) is 58.1 Å². The lowest BCUT2D eigenvalue weighted by molar-refractivity contribution is -0.274. The molecule has 0 unspecified atom stereocenters. The highest BCUT2D eigenvalue weighted by Gasteiger charge is 2.31. The highest BCUT2D eigenvalue weighted by atomic mass is 79.9. The molecule has 112 valence electrons. The van der Waals surface area contributed by atoms with Crippen LogP contribution in [0.25, 0.3) is 0 Å². The van der Waals surface area contributed by atoms with Gasteiger partial charge in [0.15, 0.2) is 0 Å². The lowest BCUT2D eigenvalue weighted by atomic mass is 10.1. The van der Waals surface area contributed by atoms with Crippen molar-refractivity contribution in [1.82, 2.24) is 0 Å². The number of aryl methyl sites for hydroxylation is 1. The molecule has 21 heavy (non-hydrogen) atoms. The summed E-state index contributed by atoms with van der Waals surface area (Å²) in [5.41, 5.74) is 2.10. The van der Waals surface area contributed by atoms with Gasteiger partial charge in [-0.25, -0.2) is 0 Å². The zero-order chi connectivity index (χ0) is 15.5. The molecule has 6 heteroatoms. The van der Waals surface area contributed by atoms with Crippen molar-refractivity contribution >= 4 is 15.9 Å². The van der Waals surface area contributed by atoms with Gasteiger partial charge in [-0.2, -0.15) is 0 Å². The fraction of sp³-hybridized carbons (Fsp3) is 0.200. The van der Waals surface area contributed by atoms with Crippen molar-refractivity contribution in [2.75, 3.05) is 0 Å². The summed E-state index contributed by atoms with van der Waals surface area (Å²) in [6, 6.07) is 11.9. The third-order valence-corrected chi connectivity index (χ3v) is 3.24. The van der Waals surface area contributed by atoms with Gasteiger partial charge in [-0.15, -0.1) is 13.2 Å². The van der Waals surface area contributed by atoms with Gasteiger partial charge in [0.1, 0.15) is 18.1 Å². The van der Waals surface area contributed by atoms with Crippen molar-refractivity contribution in [2.24, 2.45) is 0 Å². The standard InChI is InChI=1S/C15H12BrF3O2/c1-10-3-2-4-11(7-10)9-20-12-5-6-14(13(16)8-12)21-15(17,18)19/h2-8H,9H2,1H3. The van der Waals surface area contributed by atoms with Crippen LogP contribution in [0.5, 0.6) is 11.5 Å². The lowest BCUT2D eigenvalue weighted by Crippen LogP contribution is -2.17. The van der Waals surface area contributed by atoms with Gasteiger partial charge >= 0.3 is 6.36 Å². The molecular formula is C15H12BrF3O2. The highest BCUT2D eigenvalue weighted by molar-refractivity contribution is 9.10. The molecule has 0 amide bonds. The van der Waals surface area contributed by atoms with E-state index in [1.165, 1.54) is 18.2 Å². The van der Waals surface area contributed by atoms with Gasteiger partial charge in [-0.3, -0.25) is 0 Å². The fourth-order valence-corrected chi connectivity index (χ4v) is 2.19. The molecule has 0 radical (unpaired) electrons. The first-order valence-corrected chi connectivity index (χ1v) is 6.86. The average Bonchev–Trinajstić information content (AvgIpc) is 2.38. The summed E-state index contributed by atoms with van der Waals surface area (Å²) in [5, 5.41) is 0. The molecule has 2 nitrogen and oxygen atoms in total. The number of alkyl halides is 3. The van der Waals surface area contributed by atoms with E-state index >= 15 is 0 Å². The SMILES string of the molecule is Cc1cccc(COc2ccc(OC(F)(F)F)c(Br)c2)c1. The van der Waals surface area contributed by atoms with Crippen LogP contribution in [0.1, 0.15) is 11.1 Å². The van der Waals surface area contributed by atoms with E-state index in [-0.39, 0.29) is 10.2 Å². The second kappa shape index (κ2) is 6.39. The molecule has 2 aromatic carbocycles. The van der Waals surface area contributed by atoms with Gasteiger partial charge in [0.05, 0.1) is 4.47 Å². The molecular weight excluding hydrogens is 349 g/mol. The summed E-state index contributed by atoms with van der Waals surface area (Å²) < 4.78 is 46.1. The summed E-state index contributed by atoms with van der Waals surface area (Å²) in [4.78, 5) is 0. The monoisotopic (exact) mass is 360 g/mol. The summed E-state index contributed by atoms with van der Waals surface area (Å²) in [5.74, 6) is 0.156. The van der Waals surface area contributed by atoms with Crippen LogP contribution in [-0.4, -0.2) is 6.36 Å². The van der Waals surface area contributed by atoms with Crippen LogP contribution in [0.4, 0.5) is 13.2 Å². The first-order chi connectivity index (χ1) is 9.83. The summed E-state index contributed by atoms with van der Waals surface area (Å²) in [7, 11) is 0. The van der Waals surface area contributed by atoms with Crippen molar-refractivity contribution in [2.45, 2.75) is 19.9 Å². The fourth-order valence-electron chi connectivity index (χ4n) is 1.75. The van der Waals surface area contributed by atoms with Crippen molar-refractivity contribution in [1.29, 1.82) is 0 Å². The van der Waals surface area contributed by atoms with Crippen molar-refractivity contribution < 1.29 is 22.6 Å². The molecule has 2 rings (SSSR count). The Kier molecular flexibility index (Phi) is 4.77. The molecule has 0 bridgehead atoms. The van der Waals surface area contributed by atoms with Crippen LogP contribution in [0, 0.1) is 6.92 Å². The van der Waals surface area contributed by atoms with E-state index < -0.39 is 6.36 Å². The maximum atomic E-state index is 12.2. The quantitative estimate of drug-likeness (QED) is 0.742. The number of hydrogen-bond acceptors (Lipinski definition) is 2. The topological polar surface area (TPSA) is 18.5 Å². The van der Waals surface area contributed by atoms with E-state index in [2.05, 4.69) is 20.7 Å². The van der Waals surface area contributed by atoms with E-state index in [1.807, 2.05) is 31.2 Å². The van der Waals surface area contributed by atoms with Crippen LogP contribution in [-0.2, 0) is 6.61 Å². The molecule has 0 spiro atoms. The molecule has 0 heterocycles. The van der Waals surface area contributed by atoms with Gasteiger partial charge in [-0.05, 0) is 46.6 Å². The molecule has 0 aliphatic heterocycles. The summed E-state index contributed by atoms with van der Waals surface area (Å²) >= 11 is 3.03. The molecule has 0 aromatic heterocycles. The van der Waals surface area contributed by atoms with Gasteiger partial charge in [0.25, 0.3) is 0 Å². The number of benzene rings is 2. The Morgan fingerprint density at radius 2 is 1.86 bits per heavy atom. The maximum Gasteiger partial charge on any atom is 0.573 e. The molecule has 0 saturated carbocycles. The van der Waals surface area contributed by atoms with E-state index in [1.54, 1.807) is 0 Å². The molecule has 0 aliphatic carbocycles. The Morgan fingerprint density at radius 1 is 1.10 bits per heavy atom. The van der Waals surface area contributed by atoms with Gasteiger partial charge in [-0.1, -0.05) is 29.8 Å². The average molecular weight is 361 g/mol. The second-order valence-corrected chi connectivity index (χ2v) is 5.27. The van der Waals surface area contributed by atoms with Gasteiger partial charge in [0.2, 0.25) is 0 Å². The predicted octanol–water partition coefficient (Wildman–Crippen LogP) is 5.24. The van der Waals surface area contributed by atoms with Gasteiger partial charge in [0, 0.05) is 0 Å². The number of rotatable bonds is 4. The number of hydrogen-bond donors (Lipinski definition) is 0. The normalized spacial score (nSPS) is 11.3. The predicted molar refractivity (Wildman–Crippen MR) is 76.3 cm³/mol. The minimum atomic E-state index is -4.72. The van der Waals surface area contributed by atoms with Crippen LogP contribution in [0.3, 0.4) is 0 Å². The second-order valence-electron chi connectivity index (χ2n) is 4.42. The summed E-state index contributed by atoms with van der Waals surface area (Å²) in [6.45, 7) is 2.32. The number of halogens is 4. The Balaban J connectivity index is 2.03. The molecule has 0 saturated heterocycles. The Labute approximate surface area is 128 Å². The largest absolute Gasteiger partial charge is 0.573 e. The molecule has 0 N–H and O–H groups in total. The number of ether oxygens (including phenoxy) is 2. The Morgan fingerprint density at radius 3 is 2.48 bits per heavy atom. The first kappa shape index (κ1) is 15.7. The van der Waals surface area contributed by atoms with Crippen LogP contribution in [0.15, 0.2) is 46.9 Å². The zero-order valence-electron chi connectivity index (χ0n) is 11.1. The molecule has 2 aromatic rings. The Hall–Kier alpha value is -1.69. The van der Waals surface area contributed by atoms with Gasteiger partial charge < -0.3 is 9.47 Å². The Bertz CT molecular complexity index is 627. The van der Waals surface area contributed by atoms with Crippen molar-refractivity contribution in [3.63, 3.8) is 0 Å². The first-order valence-electron chi connectivity index (χ1n) is 6.07.